The van der Waals surface area contributed by atoms with Gasteiger partial charge in [-0.15, -0.1) is 6.58 Å². The zero-order valence-electron chi connectivity index (χ0n) is 12.1. The molecule has 102 valence electrons. The molecule has 0 saturated heterocycles. The lowest BCUT2D eigenvalue weighted by molar-refractivity contribution is 0.294. The molecule has 1 aromatic rings. The molecule has 0 amide bonds. The summed E-state index contributed by atoms with van der Waals surface area (Å²) in [4.78, 5) is 6.92. The number of hydrogen-bond acceptors (Lipinski definition) is 3. The molecule has 1 atom stereocenters. The summed E-state index contributed by atoms with van der Waals surface area (Å²) in [5.41, 5.74) is 1.04. The molecule has 1 rings (SSSR count). The molecule has 0 aromatic carbocycles. The van der Waals surface area contributed by atoms with Crippen molar-refractivity contribution in [1.82, 2.24) is 14.5 Å². The normalized spacial score (nSPS) is 12.7. The number of hydrogen-bond donors (Lipinski definition) is 1. The number of anilines is 1. The van der Waals surface area contributed by atoms with Crippen molar-refractivity contribution in [3.8, 4) is 0 Å². The topological polar surface area (TPSA) is 33.1 Å². The Bertz CT molecular complexity index is 366. The quantitative estimate of drug-likeness (QED) is 0.720. The SMILES string of the molecule is C=CCn1cc(C)nc1NC(C)CN(CC)CC. The monoisotopic (exact) mass is 250 g/mol. The molecule has 0 bridgehead atoms. The van der Waals surface area contributed by atoms with Crippen LogP contribution in [0.4, 0.5) is 5.95 Å². The smallest absolute Gasteiger partial charge is 0.203 e. The van der Waals surface area contributed by atoms with Crippen LogP contribution in [-0.4, -0.2) is 40.1 Å². The molecule has 0 saturated carbocycles. The van der Waals surface area contributed by atoms with Crippen molar-refractivity contribution in [2.75, 3.05) is 25.0 Å². The van der Waals surface area contributed by atoms with E-state index in [1.807, 2.05) is 19.2 Å². The molecule has 0 spiro atoms. The standard InChI is InChI=1S/C14H26N4/c1-6-9-18-11-13(5)16-14(18)15-12(4)10-17(7-2)8-3/h6,11-12H,1,7-10H2,2-5H3,(H,15,16). The van der Waals surface area contributed by atoms with E-state index in [0.717, 1.165) is 37.8 Å². The second-order valence-electron chi connectivity index (χ2n) is 4.68. The largest absolute Gasteiger partial charge is 0.352 e. The number of imidazole rings is 1. The Morgan fingerprint density at radius 3 is 2.72 bits per heavy atom. The van der Waals surface area contributed by atoms with Gasteiger partial charge in [-0.2, -0.15) is 0 Å². The van der Waals surface area contributed by atoms with Crippen LogP contribution in [0.3, 0.4) is 0 Å². The minimum atomic E-state index is 0.385. The molecule has 1 N–H and O–H groups in total. The van der Waals surface area contributed by atoms with E-state index in [9.17, 15) is 0 Å². The minimum Gasteiger partial charge on any atom is -0.352 e. The average Bonchev–Trinajstić information content (AvgIpc) is 2.67. The van der Waals surface area contributed by atoms with E-state index >= 15 is 0 Å². The molecular weight excluding hydrogens is 224 g/mol. The molecule has 1 aromatic heterocycles. The Morgan fingerprint density at radius 2 is 2.17 bits per heavy atom. The van der Waals surface area contributed by atoms with Crippen molar-refractivity contribution in [3.05, 3.63) is 24.5 Å². The number of rotatable bonds is 8. The fourth-order valence-corrected chi connectivity index (χ4v) is 2.08. The van der Waals surface area contributed by atoms with Crippen LogP contribution in [0.1, 0.15) is 26.5 Å². The molecule has 1 heterocycles. The Hall–Kier alpha value is -1.29. The molecule has 0 aliphatic carbocycles. The molecule has 4 nitrogen and oxygen atoms in total. The molecule has 1 unspecified atom stereocenters. The van der Waals surface area contributed by atoms with Crippen LogP contribution in [0.25, 0.3) is 0 Å². The Labute approximate surface area is 111 Å². The molecule has 0 radical (unpaired) electrons. The van der Waals surface area contributed by atoms with Gasteiger partial charge in [0.15, 0.2) is 0 Å². The van der Waals surface area contributed by atoms with Crippen molar-refractivity contribution < 1.29 is 0 Å². The predicted molar refractivity (Wildman–Crippen MR) is 78.0 cm³/mol. The molecule has 0 aliphatic heterocycles. The summed E-state index contributed by atoms with van der Waals surface area (Å²) in [6.45, 7) is 16.4. The average molecular weight is 250 g/mol. The van der Waals surface area contributed by atoms with Gasteiger partial charge in [-0.3, -0.25) is 0 Å². The Balaban J connectivity index is 2.62. The summed E-state index contributed by atoms with van der Waals surface area (Å²) in [5.74, 6) is 0.937. The van der Waals surface area contributed by atoms with E-state index in [-0.39, 0.29) is 0 Å². The summed E-state index contributed by atoms with van der Waals surface area (Å²) in [6, 6.07) is 0.385. The number of aryl methyl sites for hydroxylation is 1. The van der Waals surface area contributed by atoms with Crippen molar-refractivity contribution in [2.24, 2.45) is 0 Å². The minimum absolute atomic E-state index is 0.385. The molecule has 4 heteroatoms. The van der Waals surface area contributed by atoms with Gasteiger partial charge in [0.25, 0.3) is 0 Å². The van der Waals surface area contributed by atoms with Crippen LogP contribution >= 0.6 is 0 Å². The van der Waals surface area contributed by atoms with Gasteiger partial charge in [-0.25, -0.2) is 4.98 Å². The lowest BCUT2D eigenvalue weighted by atomic mass is 10.3. The van der Waals surface area contributed by atoms with E-state index in [0.29, 0.717) is 6.04 Å². The van der Waals surface area contributed by atoms with Gasteiger partial charge in [0.2, 0.25) is 5.95 Å². The summed E-state index contributed by atoms with van der Waals surface area (Å²) in [5, 5.41) is 3.48. The second kappa shape index (κ2) is 7.21. The van der Waals surface area contributed by atoms with Crippen LogP contribution in [0, 0.1) is 6.92 Å². The summed E-state index contributed by atoms with van der Waals surface area (Å²) < 4.78 is 2.10. The molecular formula is C14H26N4. The number of allylic oxidation sites excluding steroid dienone is 1. The van der Waals surface area contributed by atoms with Crippen molar-refractivity contribution in [1.29, 1.82) is 0 Å². The maximum absolute atomic E-state index is 4.51. The van der Waals surface area contributed by atoms with Gasteiger partial charge in [-0.05, 0) is 26.9 Å². The predicted octanol–water partition coefficient (Wildman–Crippen LogP) is 2.52. The molecule has 18 heavy (non-hydrogen) atoms. The lowest BCUT2D eigenvalue weighted by Gasteiger charge is -2.23. The molecule has 0 aliphatic rings. The van der Waals surface area contributed by atoms with Gasteiger partial charge in [0.1, 0.15) is 0 Å². The first kappa shape index (κ1) is 14.8. The number of nitrogens with zero attached hydrogens (tertiary/aromatic N) is 3. The fraction of sp³-hybridized carbons (Fsp3) is 0.643. The van der Waals surface area contributed by atoms with Crippen LogP contribution in [0.5, 0.6) is 0 Å². The van der Waals surface area contributed by atoms with Crippen molar-refractivity contribution in [3.63, 3.8) is 0 Å². The summed E-state index contributed by atoms with van der Waals surface area (Å²) in [7, 11) is 0. The van der Waals surface area contributed by atoms with Gasteiger partial charge >= 0.3 is 0 Å². The Morgan fingerprint density at radius 1 is 1.50 bits per heavy atom. The van der Waals surface area contributed by atoms with E-state index in [1.165, 1.54) is 0 Å². The zero-order valence-corrected chi connectivity index (χ0v) is 12.1. The van der Waals surface area contributed by atoms with Crippen LogP contribution in [0.2, 0.25) is 0 Å². The van der Waals surface area contributed by atoms with Crippen LogP contribution in [0.15, 0.2) is 18.9 Å². The fourth-order valence-electron chi connectivity index (χ4n) is 2.08. The van der Waals surface area contributed by atoms with E-state index in [1.54, 1.807) is 0 Å². The highest BCUT2D eigenvalue weighted by Gasteiger charge is 2.10. The molecule has 0 fully saturated rings. The van der Waals surface area contributed by atoms with Crippen LogP contribution in [-0.2, 0) is 6.54 Å². The van der Waals surface area contributed by atoms with E-state index in [2.05, 4.69) is 47.1 Å². The lowest BCUT2D eigenvalue weighted by Crippen LogP contribution is -2.35. The third kappa shape index (κ3) is 4.18. The van der Waals surface area contributed by atoms with Gasteiger partial charge in [-0.1, -0.05) is 19.9 Å². The highest BCUT2D eigenvalue weighted by atomic mass is 15.2. The Kier molecular flexibility index (Phi) is 5.92. The maximum Gasteiger partial charge on any atom is 0.203 e. The van der Waals surface area contributed by atoms with Gasteiger partial charge < -0.3 is 14.8 Å². The van der Waals surface area contributed by atoms with Crippen molar-refractivity contribution in [2.45, 2.75) is 40.3 Å². The zero-order chi connectivity index (χ0) is 13.5. The third-order valence-electron chi connectivity index (χ3n) is 3.02. The highest BCUT2D eigenvalue weighted by Crippen LogP contribution is 2.10. The first-order chi connectivity index (χ1) is 8.60. The van der Waals surface area contributed by atoms with Crippen LogP contribution < -0.4 is 5.32 Å². The second-order valence-corrected chi connectivity index (χ2v) is 4.68. The first-order valence-electron chi connectivity index (χ1n) is 6.74. The number of likely N-dealkylation sites (N-methyl/N-ethyl adjacent to an activating group) is 1. The van der Waals surface area contributed by atoms with Gasteiger partial charge in [0, 0.05) is 25.3 Å². The maximum atomic E-state index is 4.51. The van der Waals surface area contributed by atoms with E-state index < -0.39 is 0 Å². The summed E-state index contributed by atoms with van der Waals surface area (Å²) >= 11 is 0. The number of aromatic nitrogens is 2. The van der Waals surface area contributed by atoms with E-state index in [4.69, 9.17) is 0 Å². The summed E-state index contributed by atoms with van der Waals surface area (Å²) in [6.07, 6.45) is 3.94. The highest BCUT2D eigenvalue weighted by molar-refractivity contribution is 5.30. The first-order valence-corrected chi connectivity index (χ1v) is 6.74. The number of nitrogens with one attached hydrogen (secondary N) is 1. The van der Waals surface area contributed by atoms with Gasteiger partial charge in [0.05, 0.1) is 5.69 Å². The third-order valence-corrected chi connectivity index (χ3v) is 3.02. The van der Waals surface area contributed by atoms with Crippen molar-refractivity contribution >= 4 is 5.95 Å².